The van der Waals surface area contributed by atoms with Crippen LogP contribution in [0.1, 0.15) is 28.2 Å². The van der Waals surface area contributed by atoms with Gasteiger partial charge in [0, 0.05) is 11.3 Å². The summed E-state index contributed by atoms with van der Waals surface area (Å²) in [6.45, 7) is 0. The zero-order valence-corrected chi connectivity index (χ0v) is 6.35. The van der Waals surface area contributed by atoms with Gasteiger partial charge in [-0.15, -0.1) is 0 Å². The predicted octanol–water partition coefficient (Wildman–Crippen LogP) is 1.34. The number of H-pyrrole nitrogens is 1. The first-order valence-corrected chi connectivity index (χ1v) is 3.82. The number of carboxylic acids is 1. The number of aryl methyl sites for hydroxylation is 1. The van der Waals surface area contributed by atoms with Gasteiger partial charge in [-0.1, -0.05) is 0 Å². The second kappa shape index (κ2) is 2.33. The van der Waals surface area contributed by atoms with Crippen molar-refractivity contribution in [1.82, 2.24) is 4.98 Å². The first kappa shape index (κ1) is 7.34. The first-order valence-electron chi connectivity index (χ1n) is 3.82. The van der Waals surface area contributed by atoms with E-state index in [0.29, 0.717) is 12.0 Å². The molecule has 0 unspecified atom stereocenters. The van der Waals surface area contributed by atoms with Crippen LogP contribution < -0.4 is 0 Å². The molecule has 0 spiro atoms. The third-order valence-electron chi connectivity index (χ3n) is 2.19. The molecular formula is C8H8FNO2. The molecule has 1 aromatic rings. The molecule has 0 aliphatic heterocycles. The van der Waals surface area contributed by atoms with Gasteiger partial charge in [-0.3, -0.25) is 0 Å². The molecule has 1 aliphatic rings. The van der Waals surface area contributed by atoms with Crippen LogP contribution in [0.4, 0.5) is 4.39 Å². The van der Waals surface area contributed by atoms with E-state index in [1.54, 1.807) is 0 Å². The highest BCUT2D eigenvalue weighted by molar-refractivity contribution is 5.86. The highest BCUT2D eigenvalue weighted by Gasteiger charge is 2.24. The summed E-state index contributed by atoms with van der Waals surface area (Å²) in [5, 5.41) is 8.55. The lowest BCUT2D eigenvalue weighted by Gasteiger charge is -1.90. The number of aromatic carboxylic acids is 1. The van der Waals surface area contributed by atoms with E-state index in [-0.39, 0.29) is 5.69 Å². The Labute approximate surface area is 68.2 Å². The van der Waals surface area contributed by atoms with Gasteiger partial charge in [-0.25, -0.2) is 9.18 Å². The molecule has 64 valence electrons. The van der Waals surface area contributed by atoms with Crippen molar-refractivity contribution in [1.29, 1.82) is 0 Å². The van der Waals surface area contributed by atoms with Gasteiger partial charge in [-0.05, 0) is 19.3 Å². The monoisotopic (exact) mass is 169 g/mol. The van der Waals surface area contributed by atoms with Gasteiger partial charge in [0.1, 0.15) is 0 Å². The Balaban J connectivity index is 2.54. The second-order valence-electron chi connectivity index (χ2n) is 2.93. The van der Waals surface area contributed by atoms with Gasteiger partial charge in [0.05, 0.1) is 0 Å². The number of halogens is 1. The first-order chi connectivity index (χ1) is 5.70. The summed E-state index contributed by atoms with van der Waals surface area (Å²) in [5.41, 5.74) is 1.03. The highest BCUT2D eigenvalue weighted by atomic mass is 19.1. The molecule has 0 saturated carbocycles. The molecule has 4 heteroatoms. The van der Waals surface area contributed by atoms with Crippen molar-refractivity contribution in [2.75, 3.05) is 0 Å². The largest absolute Gasteiger partial charge is 0.476 e. The van der Waals surface area contributed by atoms with Gasteiger partial charge in [0.25, 0.3) is 0 Å². The molecule has 0 atom stereocenters. The van der Waals surface area contributed by atoms with Crippen molar-refractivity contribution in [3.05, 3.63) is 22.8 Å². The van der Waals surface area contributed by atoms with E-state index in [1.807, 2.05) is 0 Å². The van der Waals surface area contributed by atoms with Crippen LogP contribution in [0.3, 0.4) is 0 Å². The number of aromatic amines is 1. The molecule has 0 radical (unpaired) electrons. The number of fused-ring (bicyclic) bond motifs is 1. The van der Waals surface area contributed by atoms with Crippen molar-refractivity contribution in [3.8, 4) is 0 Å². The van der Waals surface area contributed by atoms with Crippen LogP contribution in [-0.2, 0) is 12.8 Å². The summed E-state index contributed by atoms with van der Waals surface area (Å²) >= 11 is 0. The van der Waals surface area contributed by atoms with E-state index in [1.165, 1.54) is 0 Å². The van der Waals surface area contributed by atoms with Gasteiger partial charge in [0.2, 0.25) is 0 Å². The minimum Gasteiger partial charge on any atom is -0.476 e. The normalized spacial score (nSPS) is 14.8. The van der Waals surface area contributed by atoms with Crippen LogP contribution in [0.25, 0.3) is 0 Å². The summed E-state index contributed by atoms with van der Waals surface area (Å²) in [4.78, 5) is 13.0. The summed E-state index contributed by atoms with van der Waals surface area (Å²) < 4.78 is 13.2. The van der Waals surface area contributed by atoms with Crippen LogP contribution in [0.15, 0.2) is 0 Å². The molecule has 0 fully saturated rings. The van der Waals surface area contributed by atoms with E-state index < -0.39 is 11.8 Å². The van der Waals surface area contributed by atoms with E-state index in [9.17, 15) is 9.18 Å². The number of carboxylic acid groups (broad SMARTS) is 1. The van der Waals surface area contributed by atoms with E-state index in [0.717, 1.165) is 18.5 Å². The molecule has 0 aromatic carbocycles. The SMILES string of the molecule is O=C(O)c1[nH]c2c(c1F)CCC2. The Morgan fingerprint density at radius 2 is 2.25 bits per heavy atom. The molecule has 1 aliphatic carbocycles. The number of rotatable bonds is 1. The zero-order valence-electron chi connectivity index (χ0n) is 6.35. The molecule has 1 heterocycles. The van der Waals surface area contributed by atoms with Crippen LogP contribution in [0.5, 0.6) is 0 Å². The zero-order chi connectivity index (χ0) is 8.72. The van der Waals surface area contributed by atoms with E-state index in [2.05, 4.69) is 4.98 Å². The Bertz CT molecular complexity index is 343. The maximum atomic E-state index is 13.2. The predicted molar refractivity (Wildman–Crippen MR) is 39.7 cm³/mol. The standard InChI is InChI=1S/C8H8FNO2/c9-6-4-2-1-3-5(4)10-7(6)8(11)12/h10H,1-3H2,(H,11,12). The van der Waals surface area contributed by atoms with Crippen molar-refractivity contribution in [3.63, 3.8) is 0 Å². The fraction of sp³-hybridized carbons (Fsp3) is 0.375. The minimum absolute atomic E-state index is 0.292. The quantitative estimate of drug-likeness (QED) is 0.666. The van der Waals surface area contributed by atoms with Gasteiger partial charge in [0.15, 0.2) is 11.5 Å². The third-order valence-corrected chi connectivity index (χ3v) is 2.19. The molecule has 3 nitrogen and oxygen atoms in total. The van der Waals surface area contributed by atoms with Crippen molar-refractivity contribution in [2.24, 2.45) is 0 Å². The number of aromatic nitrogens is 1. The maximum absolute atomic E-state index is 13.2. The maximum Gasteiger partial charge on any atom is 0.355 e. The minimum atomic E-state index is -1.22. The van der Waals surface area contributed by atoms with E-state index >= 15 is 0 Å². The number of nitrogens with one attached hydrogen (secondary N) is 1. The summed E-state index contributed by atoms with van der Waals surface area (Å²) in [5.74, 6) is -1.79. The molecule has 0 amide bonds. The molecule has 1 aromatic heterocycles. The van der Waals surface area contributed by atoms with Crippen molar-refractivity contribution < 1.29 is 14.3 Å². The lowest BCUT2D eigenvalue weighted by Crippen LogP contribution is -2.00. The average Bonchev–Trinajstić information content (AvgIpc) is 2.53. The van der Waals surface area contributed by atoms with E-state index in [4.69, 9.17) is 5.11 Å². The van der Waals surface area contributed by atoms with Gasteiger partial charge >= 0.3 is 5.97 Å². The summed E-state index contributed by atoms with van der Waals surface area (Å²) in [7, 11) is 0. The molecule has 12 heavy (non-hydrogen) atoms. The molecule has 2 N–H and O–H groups in total. The Morgan fingerprint density at radius 3 is 2.83 bits per heavy atom. The van der Waals surface area contributed by atoms with Crippen LogP contribution >= 0.6 is 0 Å². The van der Waals surface area contributed by atoms with Crippen molar-refractivity contribution in [2.45, 2.75) is 19.3 Å². The summed E-state index contributed by atoms with van der Waals surface area (Å²) in [6.07, 6.45) is 2.34. The average molecular weight is 169 g/mol. The molecule has 2 rings (SSSR count). The smallest absolute Gasteiger partial charge is 0.355 e. The molecular weight excluding hydrogens is 161 g/mol. The van der Waals surface area contributed by atoms with Crippen LogP contribution in [0, 0.1) is 5.82 Å². The third kappa shape index (κ3) is 0.841. The second-order valence-corrected chi connectivity index (χ2v) is 2.93. The van der Waals surface area contributed by atoms with Crippen LogP contribution in [0.2, 0.25) is 0 Å². The van der Waals surface area contributed by atoms with Gasteiger partial charge in [-0.2, -0.15) is 0 Å². The Kier molecular flexibility index (Phi) is 1.43. The Hall–Kier alpha value is -1.32. The molecule has 0 saturated heterocycles. The van der Waals surface area contributed by atoms with Gasteiger partial charge < -0.3 is 10.1 Å². The fourth-order valence-electron chi connectivity index (χ4n) is 1.63. The molecule has 0 bridgehead atoms. The fourth-order valence-corrected chi connectivity index (χ4v) is 1.63. The summed E-state index contributed by atoms with van der Waals surface area (Å²) in [6, 6.07) is 0. The number of carbonyl (C=O) groups is 1. The lowest BCUT2D eigenvalue weighted by molar-refractivity contribution is 0.0686. The highest BCUT2D eigenvalue weighted by Crippen LogP contribution is 2.26. The number of hydrogen-bond donors (Lipinski definition) is 2. The topological polar surface area (TPSA) is 53.1 Å². The lowest BCUT2D eigenvalue weighted by atomic mass is 10.2. The van der Waals surface area contributed by atoms with Crippen LogP contribution in [-0.4, -0.2) is 16.1 Å². The van der Waals surface area contributed by atoms with Crippen molar-refractivity contribution >= 4 is 5.97 Å². The Morgan fingerprint density at radius 1 is 1.50 bits per heavy atom. The number of hydrogen-bond acceptors (Lipinski definition) is 1.